The van der Waals surface area contributed by atoms with Gasteiger partial charge in [-0.15, -0.1) is 24.0 Å². The molecule has 0 radical (unpaired) electrons. The van der Waals surface area contributed by atoms with Gasteiger partial charge in [0.15, 0.2) is 15.8 Å². The van der Waals surface area contributed by atoms with Crippen molar-refractivity contribution in [3.63, 3.8) is 0 Å². The highest BCUT2D eigenvalue weighted by atomic mass is 127. The zero-order valence-electron chi connectivity index (χ0n) is 17.9. The summed E-state index contributed by atoms with van der Waals surface area (Å²) in [6.07, 6.45) is 4.89. The molecule has 31 heavy (non-hydrogen) atoms. The summed E-state index contributed by atoms with van der Waals surface area (Å²) >= 11 is 0. The molecule has 1 heterocycles. The molecule has 0 saturated heterocycles. The van der Waals surface area contributed by atoms with Crippen molar-refractivity contribution in [2.24, 2.45) is 4.99 Å². The molecule has 0 spiro atoms. The fraction of sp³-hybridized carbons (Fsp3) is 0.273. The van der Waals surface area contributed by atoms with Crippen molar-refractivity contribution in [1.29, 1.82) is 0 Å². The Kier molecular flexibility index (Phi) is 9.05. The molecule has 0 aliphatic heterocycles. The fourth-order valence-electron chi connectivity index (χ4n) is 3.15. The molecule has 0 saturated carbocycles. The van der Waals surface area contributed by atoms with E-state index in [4.69, 9.17) is 0 Å². The number of halogens is 1. The second-order valence-electron chi connectivity index (χ2n) is 7.04. The number of rotatable bonds is 7. The van der Waals surface area contributed by atoms with Crippen LogP contribution >= 0.6 is 24.0 Å². The number of hydrogen-bond acceptors (Lipinski definition) is 4. The van der Waals surface area contributed by atoms with Crippen LogP contribution in [0.25, 0.3) is 5.69 Å². The lowest BCUT2D eigenvalue weighted by Gasteiger charge is -2.13. The average Bonchev–Trinajstić information content (AvgIpc) is 3.24. The van der Waals surface area contributed by atoms with Crippen LogP contribution < -0.4 is 10.6 Å². The first kappa shape index (κ1) is 24.9. The molecule has 3 aromatic rings. The Bertz CT molecular complexity index is 1130. The van der Waals surface area contributed by atoms with E-state index in [1.54, 1.807) is 12.3 Å². The number of guanidine groups is 1. The van der Waals surface area contributed by atoms with Gasteiger partial charge in [-0.2, -0.15) is 5.10 Å². The van der Waals surface area contributed by atoms with Gasteiger partial charge in [-0.05, 0) is 54.8 Å². The first-order valence-electron chi connectivity index (χ1n) is 9.77. The maximum absolute atomic E-state index is 11.8. The maximum Gasteiger partial charge on any atom is 0.191 e. The highest BCUT2D eigenvalue weighted by Crippen LogP contribution is 2.16. The van der Waals surface area contributed by atoms with Crippen LogP contribution in [0.3, 0.4) is 0 Å². The van der Waals surface area contributed by atoms with Crippen LogP contribution in [-0.2, 0) is 22.9 Å². The Labute approximate surface area is 200 Å². The lowest BCUT2D eigenvalue weighted by atomic mass is 10.1. The molecule has 0 atom stereocenters. The number of sulfone groups is 1. The zero-order chi connectivity index (χ0) is 21.6. The van der Waals surface area contributed by atoms with Gasteiger partial charge in [-0.3, -0.25) is 0 Å². The molecule has 7 nitrogen and oxygen atoms in total. The van der Waals surface area contributed by atoms with Crippen LogP contribution in [0.5, 0.6) is 0 Å². The van der Waals surface area contributed by atoms with E-state index in [1.165, 1.54) is 6.26 Å². The Morgan fingerprint density at radius 2 is 1.90 bits per heavy atom. The largest absolute Gasteiger partial charge is 0.357 e. The van der Waals surface area contributed by atoms with Crippen molar-refractivity contribution < 1.29 is 8.42 Å². The van der Waals surface area contributed by atoms with Gasteiger partial charge in [0.05, 0.1) is 17.1 Å². The molecule has 166 valence electrons. The molecule has 0 unspecified atom stereocenters. The fourth-order valence-corrected chi connectivity index (χ4v) is 4.11. The summed E-state index contributed by atoms with van der Waals surface area (Å²) in [7, 11) is -3.21. The summed E-state index contributed by atoms with van der Waals surface area (Å²) in [6, 6.07) is 15.4. The summed E-state index contributed by atoms with van der Waals surface area (Å²) in [5.41, 5.74) is 3.81. The highest BCUT2D eigenvalue weighted by molar-refractivity contribution is 14.0. The average molecular weight is 553 g/mol. The standard InChI is InChI=1S/C22H27N5O2S.HI/c1-4-23-22(25-16-19-9-10-21(17(2)13-19)30(3,28)29)24-15-18-7-5-8-20(14-18)27-12-6-11-26-27;/h5-14H,4,15-16H2,1-3H3,(H2,23,24,25);1H. The summed E-state index contributed by atoms with van der Waals surface area (Å²) in [5, 5.41) is 10.8. The number of aryl methyl sites for hydroxylation is 1. The molecule has 2 N–H and O–H groups in total. The first-order valence-corrected chi connectivity index (χ1v) is 11.7. The molecular formula is C22H28IN5O2S. The van der Waals surface area contributed by atoms with Gasteiger partial charge in [0.2, 0.25) is 0 Å². The Morgan fingerprint density at radius 3 is 2.55 bits per heavy atom. The van der Waals surface area contributed by atoms with Crippen molar-refractivity contribution >= 4 is 39.8 Å². The lowest BCUT2D eigenvalue weighted by Crippen LogP contribution is -2.36. The van der Waals surface area contributed by atoms with Crippen LogP contribution in [0.2, 0.25) is 0 Å². The van der Waals surface area contributed by atoms with E-state index >= 15 is 0 Å². The molecular weight excluding hydrogens is 525 g/mol. The number of aromatic nitrogens is 2. The van der Waals surface area contributed by atoms with Gasteiger partial charge >= 0.3 is 0 Å². The second kappa shape index (κ2) is 11.3. The molecule has 3 rings (SSSR count). The van der Waals surface area contributed by atoms with Crippen molar-refractivity contribution in [3.8, 4) is 5.69 Å². The topological polar surface area (TPSA) is 88.4 Å². The minimum Gasteiger partial charge on any atom is -0.357 e. The van der Waals surface area contributed by atoms with Crippen LogP contribution in [0, 0.1) is 6.92 Å². The van der Waals surface area contributed by atoms with E-state index in [-0.39, 0.29) is 24.0 Å². The summed E-state index contributed by atoms with van der Waals surface area (Å²) in [4.78, 5) is 5.03. The van der Waals surface area contributed by atoms with E-state index in [1.807, 2.05) is 61.1 Å². The van der Waals surface area contributed by atoms with E-state index in [9.17, 15) is 8.42 Å². The number of benzene rings is 2. The predicted octanol–water partition coefficient (Wildman–Crippen LogP) is 3.46. The maximum atomic E-state index is 11.8. The van der Waals surface area contributed by atoms with E-state index < -0.39 is 9.84 Å². The van der Waals surface area contributed by atoms with Crippen molar-refractivity contribution in [2.75, 3.05) is 12.8 Å². The monoisotopic (exact) mass is 553 g/mol. The van der Waals surface area contributed by atoms with E-state index in [2.05, 4.69) is 26.8 Å². The minimum absolute atomic E-state index is 0. The Balaban J connectivity index is 0.00000341. The highest BCUT2D eigenvalue weighted by Gasteiger charge is 2.11. The van der Waals surface area contributed by atoms with Gasteiger partial charge in [0.25, 0.3) is 0 Å². The molecule has 1 aromatic heterocycles. The Hall–Kier alpha value is -2.40. The van der Waals surface area contributed by atoms with Crippen LogP contribution in [0.15, 0.2) is 70.8 Å². The molecule has 9 heteroatoms. The number of hydrogen-bond donors (Lipinski definition) is 2. The van der Waals surface area contributed by atoms with Gasteiger partial charge in [-0.25, -0.2) is 18.1 Å². The Morgan fingerprint density at radius 1 is 1.10 bits per heavy atom. The summed E-state index contributed by atoms with van der Waals surface area (Å²) < 4.78 is 25.4. The van der Waals surface area contributed by atoms with Crippen LogP contribution in [0.1, 0.15) is 23.6 Å². The van der Waals surface area contributed by atoms with Crippen LogP contribution in [0.4, 0.5) is 0 Å². The third-order valence-corrected chi connectivity index (χ3v) is 5.80. The van der Waals surface area contributed by atoms with Crippen molar-refractivity contribution in [1.82, 2.24) is 20.4 Å². The molecule has 0 aliphatic rings. The summed E-state index contributed by atoms with van der Waals surface area (Å²) in [6.45, 7) is 5.64. The normalized spacial score (nSPS) is 11.6. The van der Waals surface area contributed by atoms with Crippen molar-refractivity contribution in [2.45, 2.75) is 31.8 Å². The zero-order valence-corrected chi connectivity index (χ0v) is 21.0. The van der Waals surface area contributed by atoms with Gasteiger partial charge < -0.3 is 10.6 Å². The quantitative estimate of drug-likeness (QED) is 0.266. The summed E-state index contributed by atoms with van der Waals surface area (Å²) in [5.74, 6) is 0.701. The third-order valence-electron chi connectivity index (χ3n) is 4.54. The van der Waals surface area contributed by atoms with Gasteiger partial charge in [-0.1, -0.05) is 24.3 Å². The lowest BCUT2D eigenvalue weighted by molar-refractivity contribution is 0.601. The van der Waals surface area contributed by atoms with E-state index in [0.717, 1.165) is 28.9 Å². The first-order chi connectivity index (χ1) is 14.4. The number of nitrogens with zero attached hydrogens (tertiary/aromatic N) is 3. The molecule has 0 bridgehead atoms. The van der Waals surface area contributed by atoms with Gasteiger partial charge in [0.1, 0.15) is 0 Å². The SMILES string of the molecule is CCNC(=NCc1cccc(-n2cccn2)c1)NCc1ccc(S(C)(=O)=O)c(C)c1.I. The second-order valence-corrected chi connectivity index (χ2v) is 9.03. The minimum atomic E-state index is -3.21. The predicted molar refractivity (Wildman–Crippen MR) is 135 cm³/mol. The molecule has 0 fully saturated rings. The number of aliphatic imine (C=N–C) groups is 1. The van der Waals surface area contributed by atoms with Gasteiger partial charge in [0, 0.05) is 31.7 Å². The third kappa shape index (κ3) is 7.06. The molecule has 0 amide bonds. The number of nitrogens with one attached hydrogen (secondary N) is 2. The van der Waals surface area contributed by atoms with E-state index in [0.29, 0.717) is 23.9 Å². The molecule has 0 aliphatic carbocycles. The molecule has 2 aromatic carbocycles. The van der Waals surface area contributed by atoms with Crippen LogP contribution in [-0.4, -0.2) is 37.0 Å². The smallest absolute Gasteiger partial charge is 0.191 e. The van der Waals surface area contributed by atoms with Crippen molar-refractivity contribution in [3.05, 3.63) is 77.6 Å².